The van der Waals surface area contributed by atoms with Crippen LogP contribution in [-0.2, 0) is 0 Å². The molecule has 2 aromatic carbocycles. The zero-order valence-corrected chi connectivity index (χ0v) is 14.7. The van der Waals surface area contributed by atoms with E-state index in [0.717, 1.165) is 14.8 Å². The molecule has 0 aliphatic heterocycles. The number of hydrogen-bond donors (Lipinski definition) is 2. The van der Waals surface area contributed by atoms with Crippen LogP contribution in [0.25, 0.3) is 0 Å². The zero-order chi connectivity index (χ0) is 15.8. The molecule has 0 radical (unpaired) electrons. The van der Waals surface area contributed by atoms with Crippen LogP contribution in [0.1, 0.15) is 18.1 Å². The van der Waals surface area contributed by atoms with Crippen LogP contribution in [0.3, 0.4) is 0 Å². The molecule has 3 N–H and O–H groups in total. The second-order valence-corrected chi connectivity index (χ2v) is 5.68. The normalized spacial score (nSPS) is 8.81. The van der Waals surface area contributed by atoms with Crippen molar-refractivity contribution >= 4 is 43.4 Å². The van der Waals surface area contributed by atoms with E-state index in [2.05, 4.69) is 43.1 Å². The number of hydrogen-bond acceptors (Lipinski definition) is 4. The van der Waals surface area contributed by atoms with E-state index in [4.69, 9.17) is 16.3 Å². The molecule has 0 spiro atoms. The maximum atomic E-state index is 8.67. The van der Waals surface area contributed by atoms with Gasteiger partial charge in [0.2, 0.25) is 0 Å². The highest BCUT2D eigenvalue weighted by atomic mass is 127. The maximum absolute atomic E-state index is 8.67. The molecular formula is C15H16IN4P. The lowest BCUT2D eigenvalue weighted by Gasteiger charge is -2.01. The van der Waals surface area contributed by atoms with Crippen LogP contribution in [0, 0.1) is 33.2 Å². The van der Waals surface area contributed by atoms with Crippen LogP contribution in [0.2, 0.25) is 0 Å². The molecule has 6 heteroatoms. The standard InChI is InChI=1S/C8H9N2P.C7H5IN2.H2/c1-6-2-3-8(10-11)7(4-6)5-9;8-6-1-2-7(10)5(3-6)4-9;/h2-4,10H,11H2,1H3;1-3H,10H2;1H/i;;1+1. The highest BCUT2D eigenvalue weighted by Gasteiger charge is 1.98. The summed E-state index contributed by atoms with van der Waals surface area (Å²) in [6.07, 6.45) is 0. The summed E-state index contributed by atoms with van der Waals surface area (Å²) in [6.45, 7) is 1.97. The first kappa shape index (κ1) is 17.2. The summed E-state index contributed by atoms with van der Waals surface area (Å²) in [5.41, 5.74) is 9.20. The average Bonchev–Trinajstić information content (AvgIpc) is 2.50. The van der Waals surface area contributed by atoms with Crippen molar-refractivity contribution < 1.29 is 1.43 Å². The number of nitrogens with two attached hydrogens (primary N) is 1. The molecule has 0 bridgehead atoms. The van der Waals surface area contributed by atoms with E-state index in [1.807, 2.05) is 37.3 Å². The van der Waals surface area contributed by atoms with Crippen LogP contribution in [0.4, 0.5) is 11.4 Å². The van der Waals surface area contributed by atoms with E-state index in [1.165, 1.54) is 0 Å². The van der Waals surface area contributed by atoms with Gasteiger partial charge >= 0.3 is 0 Å². The van der Waals surface area contributed by atoms with Crippen molar-refractivity contribution in [3.05, 3.63) is 56.7 Å². The number of rotatable bonds is 1. The second-order valence-electron chi connectivity index (χ2n) is 4.15. The molecular weight excluding hydrogens is 394 g/mol. The number of nitriles is 2. The summed E-state index contributed by atoms with van der Waals surface area (Å²) >= 11 is 2.14. The van der Waals surface area contributed by atoms with Crippen molar-refractivity contribution in [2.24, 2.45) is 0 Å². The first-order valence-corrected chi connectivity index (χ1v) is 7.60. The fourth-order valence-corrected chi connectivity index (χ4v) is 2.24. The van der Waals surface area contributed by atoms with Crippen molar-refractivity contribution in [1.29, 1.82) is 10.5 Å². The number of halogens is 1. The van der Waals surface area contributed by atoms with Crippen molar-refractivity contribution in [1.82, 2.24) is 0 Å². The lowest BCUT2D eigenvalue weighted by atomic mass is 10.1. The SMILES string of the molecule is Cc1ccc(NP)c(C#N)c1.N#Cc1cc(I)ccc1N.[2HH]. The first-order chi connectivity index (χ1) is 10.0. The number of nitrogen functional groups attached to an aromatic ring is 1. The summed E-state index contributed by atoms with van der Waals surface area (Å²) in [5, 5.41) is 20.1. The molecule has 0 heterocycles. The Balaban J connectivity index is 0.000000385. The zero-order valence-electron chi connectivity index (χ0n) is 11.4. The van der Waals surface area contributed by atoms with E-state index < -0.39 is 0 Å². The number of anilines is 2. The van der Waals surface area contributed by atoms with E-state index in [9.17, 15) is 0 Å². The van der Waals surface area contributed by atoms with Gasteiger partial charge in [-0.15, -0.1) is 0 Å². The fourth-order valence-electron chi connectivity index (χ4n) is 1.50. The Hall–Kier alpha value is -1.82. The quantitative estimate of drug-likeness (QED) is 0.421. The third-order valence-electron chi connectivity index (χ3n) is 2.59. The molecule has 0 aromatic heterocycles. The van der Waals surface area contributed by atoms with Crippen LogP contribution in [-0.4, -0.2) is 0 Å². The van der Waals surface area contributed by atoms with Crippen LogP contribution in [0.5, 0.6) is 0 Å². The highest BCUT2D eigenvalue weighted by Crippen LogP contribution is 2.17. The molecule has 2 rings (SSSR count). The molecule has 0 saturated carbocycles. The van der Waals surface area contributed by atoms with Gasteiger partial charge in [0.15, 0.2) is 0 Å². The molecule has 0 aliphatic rings. The van der Waals surface area contributed by atoms with Crippen molar-refractivity contribution in [2.45, 2.75) is 6.92 Å². The van der Waals surface area contributed by atoms with Gasteiger partial charge in [-0.2, -0.15) is 10.5 Å². The Morgan fingerprint density at radius 2 is 1.81 bits per heavy atom. The molecule has 0 aliphatic carbocycles. The first-order valence-electron chi connectivity index (χ1n) is 5.94. The third kappa shape index (κ3) is 5.23. The van der Waals surface area contributed by atoms with E-state index in [1.54, 1.807) is 12.1 Å². The van der Waals surface area contributed by atoms with Crippen LogP contribution >= 0.6 is 32.0 Å². The predicted molar refractivity (Wildman–Crippen MR) is 99.6 cm³/mol. The Kier molecular flexibility index (Phi) is 6.94. The summed E-state index contributed by atoms with van der Waals surface area (Å²) in [6, 6.07) is 15.2. The topological polar surface area (TPSA) is 85.6 Å². The minimum Gasteiger partial charge on any atom is -0.398 e. The monoisotopic (exact) mass is 411 g/mol. The van der Waals surface area contributed by atoms with Crippen molar-refractivity contribution in [3.63, 3.8) is 0 Å². The summed E-state index contributed by atoms with van der Waals surface area (Å²) < 4.78 is 1.03. The Morgan fingerprint density at radius 3 is 2.33 bits per heavy atom. The van der Waals surface area contributed by atoms with Gasteiger partial charge in [-0.05, 0) is 74.8 Å². The number of nitrogens with one attached hydrogen (secondary N) is 1. The number of aryl methyl sites for hydroxylation is 1. The van der Waals surface area contributed by atoms with Gasteiger partial charge in [-0.1, -0.05) is 6.07 Å². The fraction of sp³-hybridized carbons (Fsp3) is 0.0667. The predicted octanol–water partition coefficient (Wildman–Crippen LogP) is 4.06. The molecule has 2 aromatic rings. The highest BCUT2D eigenvalue weighted by molar-refractivity contribution is 14.1. The van der Waals surface area contributed by atoms with Gasteiger partial charge in [0, 0.05) is 10.7 Å². The van der Waals surface area contributed by atoms with Gasteiger partial charge in [0.1, 0.15) is 12.1 Å². The summed E-state index contributed by atoms with van der Waals surface area (Å²) in [4.78, 5) is 0. The maximum Gasteiger partial charge on any atom is 0.101 e. The Labute approximate surface area is 141 Å². The van der Waals surface area contributed by atoms with Crippen LogP contribution < -0.4 is 10.8 Å². The van der Waals surface area contributed by atoms with Gasteiger partial charge in [0.05, 0.1) is 16.8 Å². The molecule has 1 unspecified atom stereocenters. The van der Waals surface area contributed by atoms with Gasteiger partial charge in [-0.25, -0.2) is 0 Å². The molecule has 0 saturated heterocycles. The van der Waals surface area contributed by atoms with Gasteiger partial charge < -0.3 is 10.8 Å². The lowest BCUT2D eigenvalue weighted by Crippen LogP contribution is -1.89. The van der Waals surface area contributed by atoms with Gasteiger partial charge in [-0.3, -0.25) is 0 Å². The molecule has 0 amide bonds. The van der Waals surface area contributed by atoms with Crippen molar-refractivity contribution in [2.75, 3.05) is 10.8 Å². The minimum atomic E-state index is 0. The molecule has 4 nitrogen and oxygen atoms in total. The van der Waals surface area contributed by atoms with Crippen LogP contribution in [0.15, 0.2) is 36.4 Å². The van der Waals surface area contributed by atoms with E-state index in [0.29, 0.717) is 16.8 Å². The Morgan fingerprint density at radius 1 is 1.14 bits per heavy atom. The third-order valence-corrected chi connectivity index (χ3v) is 3.57. The number of benzene rings is 2. The van der Waals surface area contributed by atoms with Crippen molar-refractivity contribution in [3.8, 4) is 12.1 Å². The summed E-state index contributed by atoms with van der Waals surface area (Å²) in [5.74, 6) is 0. The minimum absolute atomic E-state index is 0. The summed E-state index contributed by atoms with van der Waals surface area (Å²) in [7, 11) is 2.37. The molecule has 1 atom stereocenters. The Bertz CT molecular complexity index is 722. The van der Waals surface area contributed by atoms with Gasteiger partial charge in [0.25, 0.3) is 0 Å². The van der Waals surface area contributed by atoms with E-state index in [-0.39, 0.29) is 1.43 Å². The number of nitrogens with zero attached hydrogens (tertiary/aromatic N) is 2. The molecule has 21 heavy (non-hydrogen) atoms. The smallest absolute Gasteiger partial charge is 0.101 e. The second kappa shape index (κ2) is 8.46. The molecule has 108 valence electrons. The lowest BCUT2D eigenvalue weighted by molar-refractivity contribution is 1.42. The molecule has 0 fully saturated rings. The average molecular weight is 411 g/mol. The largest absolute Gasteiger partial charge is 0.398 e. The van der Waals surface area contributed by atoms with E-state index >= 15 is 0 Å².